The van der Waals surface area contributed by atoms with Gasteiger partial charge in [-0.05, 0) is 6.42 Å². The first-order valence-electron chi connectivity index (χ1n) is 4.61. The number of β-amino-alcohol motifs (C(OH)–C–C–N with tert-alkyl or cyclic N) is 1. The van der Waals surface area contributed by atoms with E-state index in [1.165, 1.54) is 8.61 Å². The van der Waals surface area contributed by atoms with Gasteiger partial charge in [0.2, 0.25) is 0 Å². The summed E-state index contributed by atoms with van der Waals surface area (Å²) in [6.45, 7) is 1.63. The van der Waals surface area contributed by atoms with Gasteiger partial charge in [-0.2, -0.15) is 29.7 Å². The third-order valence-corrected chi connectivity index (χ3v) is 4.87. The molecule has 0 aliphatic carbocycles. The molecule has 82 valence electrons. The van der Waals surface area contributed by atoms with Crippen LogP contribution >= 0.6 is 12.6 Å². The van der Waals surface area contributed by atoms with E-state index in [9.17, 15) is 13.5 Å². The van der Waals surface area contributed by atoms with E-state index in [1.54, 1.807) is 0 Å². The lowest BCUT2D eigenvalue weighted by Gasteiger charge is -2.37. The predicted octanol–water partition coefficient (Wildman–Crippen LogP) is -1.09. The molecule has 0 bridgehead atoms. The van der Waals surface area contributed by atoms with Gasteiger partial charge in [-0.1, -0.05) is 0 Å². The van der Waals surface area contributed by atoms with Crippen molar-refractivity contribution in [3.63, 3.8) is 0 Å². The van der Waals surface area contributed by atoms with E-state index in [0.717, 1.165) is 0 Å². The van der Waals surface area contributed by atoms with Crippen LogP contribution in [0.15, 0.2) is 0 Å². The normalized spacial score (nSPS) is 32.0. The van der Waals surface area contributed by atoms with Crippen molar-refractivity contribution in [2.75, 3.05) is 26.2 Å². The maximum atomic E-state index is 11.8. The summed E-state index contributed by atoms with van der Waals surface area (Å²) in [5.74, 6) is 0. The standard InChI is InChI=1S/C7H14N2O3S2/c10-6-1-2-8(3-6)14(11,12)9-4-7(13)5-9/h6-7,10,13H,1-5H2. The smallest absolute Gasteiger partial charge is 0.282 e. The summed E-state index contributed by atoms with van der Waals surface area (Å²) >= 11 is 4.16. The van der Waals surface area contributed by atoms with E-state index in [4.69, 9.17) is 0 Å². The molecule has 1 unspecified atom stereocenters. The highest BCUT2D eigenvalue weighted by molar-refractivity contribution is 7.87. The molecule has 0 saturated carbocycles. The Labute approximate surface area is 89.3 Å². The SMILES string of the molecule is O=S(=O)(N1CCC(O)C1)N1CC(S)C1. The van der Waals surface area contributed by atoms with Gasteiger partial charge < -0.3 is 5.11 Å². The Morgan fingerprint density at radius 3 is 2.29 bits per heavy atom. The minimum absolute atomic E-state index is 0.164. The molecule has 1 N–H and O–H groups in total. The molecule has 0 spiro atoms. The number of rotatable bonds is 2. The summed E-state index contributed by atoms with van der Waals surface area (Å²) in [5, 5.41) is 9.41. The average Bonchev–Trinajstić information content (AvgIpc) is 2.46. The van der Waals surface area contributed by atoms with E-state index in [2.05, 4.69) is 12.6 Å². The van der Waals surface area contributed by atoms with Gasteiger partial charge in [-0.15, -0.1) is 0 Å². The van der Waals surface area contributed by atoms with Gasteiger partial charge in [-0.25, -0.2) is 0 Å². The number of nitrogens with zero attached hydrogens (tertiary/aromatic N) is 2. The lowest BCUT2D eigenvalue weighted by atomic mass is 10.3. The number of aliphatic hydroxyl groups excluding tert-OH is 1. The third-order valence-electron chi connectivity index (χ3n) is 2.61. The first kappa shape index (κ1) is 10.7. The second-order valence-corrected chi connectivity index (χ2v) is 6.44. The highest BCUT2D eigenvalue weighted by Gasteiger charge is 2.40. The zero-order valence-electron chi connectivity index (χ0n) is 7.70. The Bertz CT molecular complexity index is 313. The van der Waals surface area contributed by atoms with Crippen LogP contribution in [-0.4, -0.2) is 59.7 Å². The molecule has 0 aromatic heterocycles. The first-order valence-corrected chi connectivity index (χ1v) is 6.53. The number of hydrogen-bond donors (Lipinski definition) is 2. The molecular weight excluding hydrogens is 224 g/mol. The number of aliphatic hydroxyl groups is 1. The number of hydrogen-bond acceptors (Lipinski definition) is 4. The van der Waals surface area contributed by atoms with Crippen molar-refractivity contribution in [2.24, 2.45) is 0 Å². The molecule has 14 heavy (non-hydrogen) atoms. The lowest BCUT2D eigenvalue weighted by Crippen LogP contribution is -2.55. The van der Waals surface area contributed by atoms with Gasteiger partial charge in [0, 0.05) is 31.4 Å². The maximum Gasteiger partial charge on any atom is 0.282 e. The largest absolute Gasteiger partial charge is 0.392 e. The second kappa shape index (κ2) is 3.64. The van der Waals surface area contributed by atoms with Crippen LogP contribution < -0.4 is 0 Å². The molecule has 0 aromatic carbocycles. The molecule has 0 radical (unpaired) electrons. The summed E-state index contributed by atoms with van der Waals surface area (Å²) in [7, 11) is -3.31. The molecule has 2 aliphatic heterocycles. The van der Waals surface area contributed by atoms with Crippen molar-refractivity contribution >= 4 is 22.8 Å². The fourth-order valence-corrected chi connectivity index (χ4v) is 4.06. The van der Waals surface area contributed by atoms with Crippen LogP contribution in [0.5, 0.6) is 0 Å². The highest BCUT2D eigenvalue weighted by atomic mass is 32.2. The van der Waals surface area contributed by atoms with Crippen molar-refractivity contribution < 1.29 is 13.5 Å². The Balaban J connectivity index is 2.02. The molecule has 2 saturated heterocycles. The lowest BCUT2D eigenvalue weighted by molar-refractivity contribution is 0.187. The highest BCUT2D eigenvalue weighted by Crippen LogP contribution is 2.23. The van der Waals surface area contributed by atoms with Crippen LogP contribution in [0.25, 0.3) is 0 Å². The van der Waals surface area contributed by atoms with E-state index >= 15 is 0 Å². The van der Waals surface area contributed by atoms with Gasteiger partial charge in [0.1, 0.15) is 0 Å². The van der Waals surface area contributed by atoms with Gasteiger partial charge in [0.05, 0.1) is 6.10 Å². The summed E-state index contributed by atoms with van der Waals surface area (Å²) in [4.78, 5) is 0. The molecule has 7 heteroatoms. The summed E-state index contributed by atoms with van der Waals surface area (Å²) < 4.78 is 26.4. The van der Waals surface area contributed by atoms with E-state index in [-0.39, 0.29) is 11.8 Å². The monoisotopic (exact) mass is 238 g/mol. The van der Waals surface area contributed by atoms with Gasteiger partial charge in [0.25, 0.3) is 10.2 Å². The molecule has 2 heterocycles. The molecule has 0 amide bonds. The molecular formula is C7H14N2O3S2. The topological polar surface area (TPSA) is 60.9 Å². The summed E-state index contributed by atoms with van der Waals surface area (Å²) in [6, 6.07) is 0. The summed E-state index contributed by atoms with van der Waals surface area (Å²) in [5.41, 5.74) is 0. The predicted molar refractivity (Wildman–Crippen MR) is 55.5 cm³/mol. The molecule has 2 aliphatic rings. The summed E-state index contributed by atoms with van der Waals surface area (Å²) in [6.07, 6.45) is 0.0371. The Morgan fingerprint density at radius 2 is 1.86 bits per heavy atom. The van der Waals surface area contributed by atoms with E-state index < -0.39 is 16.3 Å². The molecule has 2 rings (SSSR count). The van der Waals surface area contributed by atoms with Crippen LogP contribution in [0, 0.1) is 0 Å². The fourth-order valence-electron chi connectivity index (χ4n) is 1.69. The zero-order chi connectivity index (χ0) is 10.3. The van der Waals surface area contributed by atoms with E-state index in [1.807, 2.05) is 0 Å². The third kappa shape index (κ3) is 1.79. The van der Waals surface area contributed by atoms with Gasteiger partial charge in [-0.3, -0.25) is 0 Å². The molecule has 2 fully saturated rings. The number of thiol groups is 1. The first-order chi connectivity index (χ1) is 6.50. The molecule has 0 aromatic rings. The minimum Gasteiger partial charge on any atom is -0.392 e. The van der Waals surface area contributed by atoms with Gasteiger partial charge in [0.15, 0.2) is 0 Å². The maximum absolute atomic E-state index is 11.8. The fraction of sp³-hybridized carbons (Fsp3) is 1.00. The molecule has 5 nitrogen and oxygen atoms in total. The van der Waals surface area contributed by atoms with Crippen molar-refractivity contribution in [2.45, 2.75) is 17.8 Å². The van der Waals surface area contributed by atoms with Crippen molar-refractivity contribution in [3.05, 3.63) is 0 Å². The van der Waals surface area contributed by atoms with Crippen LogP contribution in [-0.2, 0) is 10.2 Å². The Hall–Kier alpha value is 0.180. The van der Waals surface area contributed by atoms with Crippen molar-refractivity contribution in [1.29, 1.82) is 0 Å². The van der Waals surface area contributed by atoms with Crippen LogP contribution in [0.2, 0.25) is 0 Å². The molecule has 1 atom stereocenters. The van der Waals surface area contributed by atoms with Crippen LogP contribution in [0.3, 0.4) is 0 Å². The Morgan fingerprint density at radius 1 is 1.21 bits per heavy atom. The van der Waals surface area contributed by atoms with Crippen LogP contribution in [0.4, 0.5) is 0 Å². The van der Waals surface area contributed by atoms with Crippen molar-refractivity contribution in [3.8, 4) is 0 Å². The van der Waals surface area contributed by atoms with Crippen LogP contribution in [0.1, 0.15) is 6.42 Å². The Kier molecular flexibility index (Phi) is 2.78. The van der Waals surface area contributed by atoms with Crippen molar-refractivity contribution in [1.82, 2.24) is 8.61 Å². The minimum atomic E-state index is -3.31. The average molecular weight is 238 g/mol. The van der Waals surface area contributed by atoms with Gasteiger partial charge >= 0.3 is 0 Å². The second-order valence-electron chi connectivity index (χ2n) is 3.78. The zero-order valence-corrected chi connectivity index (χ0v) is 9.41. The van der Waals surface area contributed by atoms with E-state index in [0.29, 0.717) is 26.1 Å². The quantitative estimate of drug-likeness (QED) is 0.601.